The van der Waals surface area contributed by atoms with E-state index in [2.05, 4.69) is 0 Å². The lowest BCUT2D eigenvalue weighted by molar-refractivity contribution is 0.0697. The first kappa shape index (κ1) is 9.25. The number of carbonyl (C=O) groups is 2. The van der Waals surface area contributed by atoms with E-state index in [4.69, 9.17) is 9.84 Å². The van der Waals surface area contributed by atoms with E-state index < -0.39 is 5.97 Å². The SMILES string of the molecule is COc1ccc(C(=O)O)cc1C=O. The van der Waals surface area contributed by atoms with Crippen molar-refractivity contribution in [1.82, 2.24) is 0 Å². The molecule has 4 nitrogen and oxygen atoms in total. The van der Waals surface area contributed by atoms with Crippen molar-refractivity contribution < 1.29 is 19.4 Å². The minimum atomic E-state index is -1.06. The minimum Gasteiger partial charge on any atom is -0.496 e. The lowest BCUT2D eigenvalue weighted by atomic mass is 10.1. The molecule has 0 heterocycles. The highest BCUT2D eigenvalue weighted by atomic mass is 16.5. The Kier molecular flexibility index (Phi) is 2.64. The Labute approximate surface area is 74.8 Å². The third-order valence-corrected chi connectivity index (χ3v) is 1.60. The van der Waals surface area contributed by atoms with Gasteiger partial charge in [0.15, 0.2) is 6.29 Å². The molecule has 1 aromatic carbocycles. The van der Waals surface area contributed by atoms with Crippen molar-refractivity contribution in [2.24, 2.45) is 0 Å². The molecule has 0 aliphatic heterocycles. The molecule has 0 aliphatic rings. The lowest BCUT2D eigenvalue weighted by Crippen LogP contribution is -1.98. The number of aromatic carboxylic acids is 1. The van der Waals surface area contributed by atoms with E-state index in [1.165, 1.54) is 25.3 Å². The molecule has 0 radical (unpaired) electrons. The molecular formula is C9H8O4. The summed E-state index contributed by atoms with van der Waals surface area (Å²) in [5.41, 5.74) is 0.310. The summed E-state index contributed by atoms with van der Waals surface area (Å²) in [6, 6.07) is 4.11. The highest BCUT2D eigenvalue weighted by molar-refractivity contribution is 5.91. The Hall–Kier alpha value is -1.84. The molecule has 1 aromatic rings. The van der Waals surface area contributed by atoms with Gasteiger partial charge in [0.05, 0.1) is 18.2 Å². The van der Waals surface area contributed by atoms with Crippen LogP contribution in [0.25, 0.3) is 0 Å². The van der Waals surface area contributed by atoms with Crippen LogP contribution in [0.5, 0.6) is 5.75 Å². The van der Waals surface area contributed by atoms with Crippen molar-refractivity contribution >= 4 is 12.3 Å². The molecule has 13 heavy (non-hydrogen) atoms. The minimum absolute atomic E-state index is 0.0721. The first-order valence-corrected chi connectivity index (χ1v) is 3.55. The van der Waals surface area contributed by atoms with Crippen molar-refractivity contribution in [3.8, 4) is 5.75 Å². The van der Waals surface area contributed by atoms with Crippen LogP contribution in [0.3, 0.4) is 0 Å². The molecule has 0 bridgehead atoms. The normalized spacial score (nSPS) is 9.31. The molecule has 68 valence electrons. The molecular weight excluding hydrogens is 172 g/mol. The second kappa shape index (κ2) is 3.71. The van der Waals surface area contributed by atoms with Crippen LogP contribution in [0.1, 0.15) is 20.7 Å². The van der Waals surface area contributed by atoms with Crippen molar-refractivity contribution in [3.63, 3.8) is 0 Å². The molecule has 0 saturated carbocycles. The van der Waals surface area contributed by atoms with Gasteiger partial charge < -0.3 is 9.84 Å². The lowest BCUT2D eigenvalue weighted by Gasteiger charge is -2.03. The van der Waals surface area contributed by atoms with E-state index in [-0.39, 0.29) is 11.1 Å². The Morgan fingerprint density at radius 1 is 1.54 bits per heavy atom. The van der Waals surface area contributed by atoms with E-state index in [0.29, 0.717) is 12.0 Å². The number of carboxylic acid groups (broad SMARTS) is 1. The molecule has 4 heteroatoms. The third kappa shape index (κ3) is 1.84. The molecule has 0 fully saturated rings. The van der Waals surface area contributed by atoms with Crippen LogP contribution in [0.2, 0.25) is 0 Å². The number of hydrogen-bond acceptors (Lipinski definition) is 3. The maximum Gasteiger partial charge on any atom is 0.335 e. The zero-order chi connectivity index (χ0) is 9.84. The number of benzene rings is 1. The average molecular weight is 180 g/mol. The third-order valence-electron chi connectivity index (χ3n) is 1.60. The summed E-state index contributed by atoms with van der Waals surface area (Å²) in [7, 11) is 1.42. The number of methoxy groups -OCH3 is 1. The molecule has 0 unspecified atom stereocenters. The first-order chi connectivity index (χ1) is 6.19. The highest BCUT2D eigenvalue weighted by Crippen LogP contribution is 2.17. The molecule has 0 spiro atoms. The van der Waals surface area contributed by atoms with Gasteiger partial charge in [-0.05, 0) is 18.2 Å². The first-order valence-electron chi connectivity index (χ1n) is 3.55. The van der Waals surface area contributed by atoms with Gasteiger partial charge in [-0.2, -0.15) is 0 Å². The maximum atomic E-state index is 10.5. The van der Waals surface area contributed by atoms with Gasteiger partial charge in [0, 0.05) is 0 Å². The average Bonchev–Trinajstić information content (AvgIpc) is 2.16. The summed E-state index contributed by atoms with van der Waals surface area (Å²) in [4.78, 5) is 21.0. The number of aldehydes is 1. The van der Waals surface area contributed by atoms with Crippen LogP contribution >= 0.6 is 0 Å². The van der Waals surface area contributed by atoms with Crippen molar-refractivity contribution in [1.29, 1.82) is 0 Å². The summed E-state index contributed by atoms with van der Waals surface area (Å²) in [6.45, 7) is 0. The van der Waals surface area contributed by atoms with Crippen molar-refractivity contribution in [3.05, 3.63) is 29.3 Å². The van der Waals surface area contributed by atoms with E-state index in [1.807, 2.05) is 0 Å². The van der Waals surface area contributed by atoms with Crippen LogP contribution in [-0.4, -0.2) is 24.5 Å². The maximum absolute atomic E-state index is 10.5. The Morgan fingerprint density at radius 2 is 2.23 bits per heavy atom. The number of ether oxygens (including phenoxy) is 1. The van der Waals surface area contributed by atoms with Gasteiger partial charge in [-0.25, -0.2) is 4.79 Å². The summed E-state index contributed by atoms with van der Waals surface area (Å²) in [6.07, 6.45) is 0.561. The van der Waals surface area contributed by atoms with Crippen LogP contribution < -0.4 is 4.74 Å². The molecule has 1 rings (SSSR count). The standard InChI is InChI=1S/C9H8O4/c1-13-8-3-2-6(9(11)12)4-7(8)5-10/h2-5H,1H3,(H,11,12). The Bertz CT molecular complexity index is 343. The summed E-state index contributed by atoms with van der Waals surface area (Å²) in [5, 5.41) is 8.61. The van der Waals surface area contributed by atoms with Crippen molar-refractivity contribution in [2.75, 3.05) is 7.11 Å². The predicted octanol–water partition coefficient (Wildman–Crippen LogP) is 1.21. The quantitative estimate of drug-likeness (QED) is 0.710. The molecule has 0 amide bonds. The molecule has 1 N–H and O–H groups in total. The van der Waals surface area contributed by atoms with Gasteiger partial charge in [-0.1, -0.05) is 0 Å². The van der Waals surface area contributed by atoms with Gasteiger partial charge in [0.25, 0.3) is 0 Å². The van der Waals surface area contributed by atoms with Gasteiger partial charge in [-0.3, -0.25) is 4.79 Å². The van der Waals surface area contributed by atoms with Gasteiger partial charge in [0.2, 0.25) is 0 Å². The van der Waals surface area contributed by atoms with Crippen LogP contribution in [0.4, 0.5) is 0 Å². The monoisotopic (exact) mass is 180 g/mol. The second-order valence-electron chi connectivity index (χ2n) is 2.38. The van der Waals surface area contributed by atoms with Crippen LogP contribution in [0.15, 0.2) is 18.2 Å². The Balaban J connectivity index is 3.20. The van der Waals surface area contributed by atoms with E-state index in [0.717, 1.165) is 0 Å². The molecule has 0 aliphatic carbocycles. The van der Waals surface area contributed by atoms with E-state index in [1.54, 1.807) is 0 Å². The van der Waals surface area contributed by atoms with Gasteiger partial charge in [0.1, 0.15) is 5.75 Å². The molecule has 0 aromatic heterocycles. The van der Waals surface area contributed by atoms with E-state index >= 15 is 0 Å². The number of carbonyl (C=O) groups excluding carboxylic acids is 1. The number of carboxylic acids is 1. The fourth-order valence-electron chi connectivity index (χ4n) is 0.959. The summed E-state index contributed by atoms with van der Waals surface area (Å²) >= 11 is 0. The Morgan fingerprint density at radius 3 is 2.69 bits per heavy atom. The summed E-state index contributed by atoms with van der Waals surface area (Å²) < 4.78 is 4.85. The molecule has 0 saturated heterocycles. The fraction of sp³-hybridized carbons (Fsp3) is 0.111. The van der Waals surface area contributed by atoms with Crippen LogP contribution in [0, 0.1) is 0 Å². The largest absolute Gasteiger partial charge is 0.496 e. The number of rotatable bonds is 3. The fourth-order valence-corrected chi connectivity index (χ4v) is 0.959. The van der Waals surface area contributed by atoms with E-state index in [9.17, 15) is 9.59 Å². The van der Waals surface area contributed by atoms with Crippen molar-refractivity contribution in [2.45, 2.75) is 0 Å². The van der Waals surface area contributed by atoms with Crippen LogP contribution in [-0.2, 0) is 0 Å². The topological polar surface area (TPSA) is 63.6 Å². The van der Waals surface area contributed by atoms with Gasteiger partial charge >= 0.3 is 5.97 Å². The highest BCUT2D eigenvalue weighted by Gasteiger charge is 2.07. The summed E-state index contributed by atoms with van der Waals surface area (Å²) in [5.74, 6) is -0.689. The second-order valence-corrected chi connectivity index (χ2v) is 2.38. The zero-order valence-corrected chi connectivity index (χ0v) is 6.98. The zero-order valence-electron chi connectivity index (χ0n) is 6.98. The predicted molar refractivity (Wildman–Crippen MR) is 45.3 cm³/mol. The molecule has 0 atom stereocenters. The number of hydrogen-bond donors (Lipinski definition) is 1. The smallest absolute Gasteiger partial charge is 0.335 e. The van der Waals surface area contributed by atoms with Gasteiger partial charge in [-0.15, -0.1) is 0 Å².